The largest absolute Gasteiger partial charge is 0.481 e. The number of carbonyl (C=O) groups is 2. The van der Waals surface area contributed by atoms with Crippen LogP contribution in [0.3, 0.4) is 0 Å². The molecule has 1 saturated carbocycles. The molecule has 5 nitrogen and oxygen atoms in total. The zero-order valence-electron chi connectivity index (χ0n) is 12.2. The fraction of sp³-hybridized carbons (Fsp3) is 0.857. The quantitative estimate of drug-likeness (QED) is 0.806. The minimum atomic E-state index is -0.824. The van der Waals surface area contributed by atoms with Gasteiger partial charge in [-0.1, -0.05) is 19.8 Å². The molecular weight excluding hydrogens is 244 g/mol. The van der Waals surface area contributed by atoms with E-state index in [2.05, 4.69) is 12.2 Å². The second-order valence-electron chi connectivity index (χ2n) is 5.82. The van der Waals surface area contributed by atoms with Crippen molar-refractivity contribution in [1.82, 2.24) is 10.2 Å². The molecule has 3 atom stereocenters. The van der Waals surface area contributed by atoms with Crippen LogP contribution < -0.4 is 5.32 Å². The lowest BCUT2D eigenvalue weighted by atomic mass is 9.86. The van der Waals surface area contributed by atoms with Gasteiger partial charge in [0.1, 0.15) is 0 Å². The molecule has 0 aromatic carbocycles. The van der Waals surface area contributed by atoms with Gasteiger partial charge in [-0.3, -0.25) is 4.79 Å². The summed E-state index contributed by atoms with van der Waals surface area (Å²) in [7, 11) is 1.84. The molecule has 0 aromatic rings. The van der Waals surface area contributed by atoms with Crippen LogP contribution in [0.15, 0.2) is 0 Å². The maximum absolute atomic E-state index is 12.1. The molecule has 0 spiro atoms. The molecule has 1 rings (SSSR count). The van der Waals surface area contributed by atoms with E-state index in [1.165, 1.54) is 12.8 Å². The molecule has 2 N–H and O–H groups in total. The van der Waals surface area contributed by atoms with E-state index in [1.54, 1.807) is 4.90 Å². The highest BCUT2D eigenvalue weighted by molar-refractivity contribution is 5.74. The zero-order valence-corrected chi connectivity index (χ0v) is 12.2. The summed E-state index contributed by atoms with van der Waals surface area (Å²) < 4.78 is 0. The summed E-state index contributed by atoms with van der Waals surface area (Å²) in [6.07, 6.45) is 5.12. The van der Waals surface area contributed by atoms with E-state index in [4.69, 9.17) is 5.11 Å². The van der Waals surface area contributed by atoms with Crippen molar-refractivity contribution in [2.75, 3.05) is 7.05 Å². The van der Waals surface area contributed by atoms with Gasteiger partial charge in [-0.25, -0.2) is 4.79 Å². The van der Waals surface area contributed by atoms with Gasteiger partial charge in [0.25, 0.3) is 0 Å². The second kappa shape index (κ2) is 7.36. The zero-order chi connectivity index (χ0) is 14.4. The van der Waals surface area contributed by atoms with Gasteiger partial charge in [-0.15, -0.1) is 0 Å². The smallest absolute Gasteiger partial charge is 0.317 e. The summed E-state index contributed by atoms with van der Waals surface area (Å²) >= 11 is 0. The van der Waals surface area contributed by atoms with Crippen LogP contribution in [-0.2, 0) is 4.79 Å². The van der Waals surface area contributed by atoms with Crippen molar-refractivity contribution in [2.45, 2.75) is 64.5 Å². The Morgan fingerprint density at radius 1 is 1.42 bits per heavy atom. The van der Waals surface area contributed by atoms with E-state index in [0.717, 1.165) is 12.8 Å². The van der Waals surface area contributed by atoms with Crippen molar-refractivity contribution in [3.63, 3.8) is 0 Å². The highest BCUT2D eigenvalue weighted by Crippen LogP contribution is 2.26. The van der Waals surface area contributed by atoms with Crippen LogP contribution >= 0.6 is 0 Å². The Morgan fingerprint density at radius 3 is 2.68 bits per heavy atom. The van der Waals surface area contributed by atoms with Gasteiger partial charge in [-0.2, -0.15) is 0 Å². The minimum absolute atomic E-state index is 0.0861. The van der Waals surface area contributed by atoms with Gasteiger partial charge in [0, 0.05) is 25.6 Å². The van der Waals surface area contributed by atoms with Crippen molar-refractivity contribution >= 4 is 12.0 Å². The molecule has 5 heteroatoms. The number of carboxylic acids is 1. The van der Waals surface area contributed by atoms with E-state index in [9.17, 15) is 9.59 Å². The van der Waals surface area contributed by atoms with Crippen LogP contribution in [0.5, 0.6) is 0 Å². The normalized spacial score (nSPS) is 24.6. The first-order chi connectivity index (χ1) is 8.90. The summed E-state index contributed by atoms with van der Waals surface area (Å²) in [4.78, 5) is 24.3. The van der Waals surface area contributed by atoms with Crippen LogP contribution in [0.25, 0.3) is 0 Å². The summed E-state index contributed by atoms with van der Waals surface area (Å²) in [5.74, 6) is -0.144. The van der Waals surface area contributed by atoms with E-state index in [-0.39, 0.29) is 18.5 Å². The fourth-order valence-electron chi connectivity index (χ4n) is 2.64. The molecule has 0 bridgehead atoms. The number of urea groups is 1. The number of carboxylic acid groups (broad SMARTS) is 1. The first kappa shape index (κ1) is 15.8. The third-order valence-electron chi connectivity index (χ3n) is 3.94. The number of nitrogens with zero attached hydrogens (tertiary/aromatic N) is 1. The van der Waals surface area contributed by atoms with E-state index in [1.807, 2.05) is 14.0 Å². The lowest BCUT2D eigenvalue weighted by Crippen LogP contribution is -2.47. The van der Waals surface area contributed by atoms with Crippen molar-refractivity contribution in [3.8, 4) is 0 Å². The first-order valence-corrected chi connectivity index (χ1v) is 7.15. The van der Waals surface area contributed by atoms with Gasteiger partial charge in [0.2, 0.25) is 0 Å². The van der Waals surface area contributed by atoms with Crippen molar-refractivity contribution in [2.24, 2.45) is 5.92 Å². The Balaban J connectivity index is 2.37. The molecule has 1 aliphatic rings. The predicted octanol–water partition coefficient (Wildman–Crippen LogP) is 2.46. The number of hydrogen-bond donors (Lipinski definition) is 2. The molecule has 19 heavy (non-hydrogen) atoms. The Labute approximate surface area is 115 Å². The standard InChI is InChI=1S/C14H26N2O3/c1-10-5-4-6-12(9-10)16(3)14(19)15-11(2)7-8-13(17)18/h10-12H,4-9H2,1-3H3,(H,15,19)(H,17,18). The number of nitrogens with one attached hydrogen (secondary N) is 1. The molecule has 0 aliphatic heterocycles. The molecule has 0 aromatic heterocycles. The van der Waals surface area contributed by atoms with Gasteiger partial charge in [0.05, 0.1) is 0 Å². The van der Waals surface area contributed by atoms with Crippen LogP contribution in [0.2, 0.25) is 0 Å². The molecule has 110 valence electrons. The third kappa shape index (κ3) is 5.49. The van der Waals surface area contributed by atoms with Gasteiger partial charge >= 0.3 is 12.0 Å². The molecular formula is C14H26N2O3. The average molecular weight is 270 g/mol. The fourth-order valence-corrected chi connectivity index (χ4v) is 2.64. The highest BCUT2D eigenvalue weighted by Gasteiger charge is 2.25. The molecule has 0 heterocycles. The number of carbonyl (C=O) groups excluding carboxylic acids is 1. The molecule has 1 aliphatic carbocycles. The highest BCUT2D eigenvalue weighted by atomic mass is 16.4. The lowest BCUT2D eigenvalue weighted by Gasteiger charge is -2.34. The van der Waals surface area contributed by atoms with Gasteiger partial charge in [0.15, 0.2) is 0 Å². The maximum Gasteiger partial charge on any atom is 0.317 e. The van der Waals surface area contributed by atoms with E-state index >= 15 is 0 Å². The molecule has 1 fully saturated rings. The van der Waals surface area contributed by atoms with Crippen LogP contribution in [0.1, 0.15) is 52.4 Å². The lowest BCUT2D eigenvalue weighted by molar-refractivity contribution is -0.137. The van der Waals surface area contributed by atoms with Crippen molar-refractivity contribution in [1.29, 1.82) is 0 Å². The summed E-state index contributed by atoms with van der Waals surface area (Å²) in [5.41, 5.74) is 0. The Morgan fingerprint density at radius 2 is 2.11 bits per heavy atom. The summed E-state index contributed by atoms with van der Waals surface area (Å²) in [5, 5.41) is 11.5. The molecule has 0 saturated heterocycles. The van der Waals surface area contributed by atoms with Crippen molar-refractivity contribution in [3.05, 3.63) is 0 Å². The van der Waals surface area contributed by atoms with Crippen molar-refractivity contribution < 1.29 is 14.7 Å². The van der Waals surface area contributed by atoms with Crippen LogP contribution in [-0.4, -0.2) is 41.1 Å². The Bertz CT molecular complexity index is 320. The number of hydrogen-bond acceptors (Lipinski definition) is 2. The average Bonchev–Trinajstić information content (AvgIpc) is 2.35. The number of rotatable bonds is 5. The minimum Gasteiger partial charge on any atom is -0.481 e. The molecule has 0 radical (unpaired) electrons. The third-order valence-corrected chi connectivity index (χ3v) is 3.94. The topological polar surface area (TPSA) is 69.6 Å². The predicted molar refractivity (Wildman–Crippen MR) is 74.0 cm³/mol. The summed E-state index contributed by atoms with van der Waals surface area (Å²) in [6.45, 7) is 4.07. The van der Waals surface area contributed by atoms with Gasteiger partial charge < -0.3 is 15.3 Å². The Hall–Kier alpha value is -1.26. The van der Waals surface area contributed by atoms with E-state index in [0.29, 0.717) is 18.4 Å². The maximum atomic E-state index is 12.1. The Kier molecular flexibility index (Phi) is 6.12. The van der Waals surface area contributed by atoms with E-state index < -0.39 is 5.97 Å². The van der Waals surface area contributed by atoms with Crippen LogP contribution in [0.4, 0.5) is 4.79 Å². The molecule has 2 amide bonds. The monoisotopic (exact) mass is 270 g/mol. The van der Waals surface area contributed by atoms with Crippen LogP contribution in [0, 0.1) is 5.92 Å². The molecule has 3 unspecified atom stereocenters. The number of aliphatic carboxylic acids is 1. The van der Waals surface area contributed by atoms with Gasteiger partial charge in [-0.05, 0) is 32.1 Å². The summed E-state index contributed by atoms with van der Waals surface area (Å²) in [6, 6.07) is 0.125. The SMILES string of the molecule is CC1CCCC(N(C)C(=O)NC(C)CCC(=O)O)C1. The second-order valence-corrected chi connectivity index (χ2v) is 5.82. The first-order valence-electron chi connectivity index (χ1n) is 7.15. The number of amides is 2.